The summed E-state index contributed by atoms with van der Waals surface area (Å²) in [7, 11) is 1.35. The summed E-state index contributed by atoms with van der Waals surface area (Å²) in [4.78, 5) is 22.8. The first-order chi connectivity index (χ1) is 7.58. The van der Waals surface area contributed by atoms with Crippen molar-refractivity contribution in [3.8, 4) is 0 Å². The minimum Gasteiger partial charge on any atom is -0.468 e. The first-order valence-corrected chi connectivity index (χ1v) is 5.83. The third kappa shape index (κ3) is 3.10. The van der Waals surface area contributed by atoms with Gasteiger partial charge in [-0.2, -0.15) is 0 Å². The summed E-state index contributed by atoms with van der Waals surface area (Å²) in [6.07, 6.45) is 0.819. The molecule has 0 aliphatic carbocycles. The van der Waals surface area contributed by atoms with Gasteiger partial charge in [0.1, 0.15) is 0 Å². The highest BCUT2D eigenvalue weighted by Gasteiger charge is 2.09. The van der Waals surface area contributed by atoms with E-state index in [4.69, 9.17) is 0 Å². The zero-order valence-corrected chi connectivity index (χ0v) is 10.4. The highest BCUT2D eigenvalue weighted by Crippen LogP contribution is 2.27. The van der Waals surface area contributed by atoms with Gasteiger partial charge in [0.15, 0.2) is 6.29 Å². The fourth-order valence-electron chi connectivity index (χ4n) is 1.46. The van der Waals surface area contributed by atoms with Gasteiger partial charge in [-0.3, -0.25) is 9.59 Å². The number of rotatable bonds is 4. The lowest BCUT2D eigenvalue weighted by atomic mass is 10.1. The van der Waals surface area contributed by atoms with Crippen molar-refractivity contribution in [3.05, 3.63) is 28.8 Å². The Balaban J connectivity index is 2.94. The van der Waals surface area contributed by atoms with Gasteiger partial charge in [0.2, 0.25) is 0 Å². The number of methoxy groups -OCH3 is 1. The molecular formula is C12H14O3S. The molecule has 0 saturated heterocycles. The number of hydrogen-bond acceptors (Lipinski definition) is 4. The SMILES string of the molecule is COC(=O)CSc1c(C)cc(C)cc1C=O. The van der Waals surface area contributed by atoms with Crippen molar-refractivity contribution in [2.75, 3.05) is 12.9 Å². The topological polar surface area (TPSA) is 43.4 Å². The Hall–Kier alpha value is -1.29. The molecule has 3 nitrogen and oxygen atoms in total. The van der Waals surface area contributed by atoms with Gasteiger partial charge in [0, 0.05) is 10.5 Å². The average Bonchev–Trinajstić information content (AvgIpc) is 2.26. The summed E-state index contributed by atoms with van der Waals surface area (Å²) in [5, 5.41) is 0. The molecule has 0 spiro atoms. The molecule has 16 heavy (non-hydrogen) atoms. The number of aldehydes is 1. The van der Waals surface area contributed by atoms with Crippen LogP contribution in [0.4, 0.5) is 0 Å². The molecule has 0 N–H and O–H groups in total. The summed E-state index contributed by atoms with van der Waals surface area (Å²) in [6.45, 7) is 3.87. The van der Waals surface area contributed by atoms with Crippen LogP contribution in [0.1, 0.15) is 21.5 Å². The van der Waals surface area contributed by atoms with E-state index in [1.165, 1.54) is 18.9 Å². The molecule has 0 aliphatic rings. The Kier molecular flexibility index (Phi) is 4.55. The van der Waals surface area contributed by atoms with E-state index in [2.05, 4.69) is 4.74 Å². The van der Waals surface area contributed by atoms with E-state index in [1.54, 1.807) is 0 Å². The molecular weight excluding hydrogens is 224 g/mol. The van der Waals surface area contributed by atoms with E-state index in [0.29, 0.717) is 5.56 Å². The largest absolute Gasteiger partial charge is 0.468 e. The fourth-order valence-corrected chi connectivity index (χ4v) is 2.40. The number of carbonyl (C=O) groups is 2. The minimum absolute atomic E-state index is 0.223. The van der Waals surface area contributed by atoms with Crippen molar-refractivity contribution in [1.82, 2.24) is 0 Å². The Morgan fingerprint density at radius 3 is 2.69 bits per heavy atom. The molecule has 0 fully saturated rings. The van der Waals surface area contributed by atoms with Crippen LogP contribution in [-0.4, -0.2) is 25.1 Å². The van der Waals surface area contributed by atoms with Crippen LogP contribution in [0.25, 0.3) is 0 Å². The molecule has 0 bridgehead atoms. The van der Waals surface area contributed by atoms with E-state index in [9.17, 15) is 9.59 Å². The second kappa shape index (κ2) is 5.70. The van der Waals surface area contributed by atoms with E-state index >= 15 is 0 Å². The number of benzene rings is 1. The maximum absolute atomic E-state index is 11.0. The van der Waals surface area contributed by atoms with E-state index < -0.39 is 0 Å². The van der Waals surface area contributed by atoms with Crippen LogP contribution in [-0.2, 0) is 9.53 Å². The van der Waals surface area contributed by atoms with E-state index in [-0.39, 0.29) is 11.7 Å². The molecule has 0 amide bonds. The molecule has 0 atom stereocenters. The number of aryl methyl sites for hydroxylation is 2. The summed E-state index contributed by atoms with van der Waals surface area (Å²) in [6, 6.07) is 3.81. The average molecular weight is 238 g/mol. The summed E-state index contributed by atoms with van der Waals surface area (Å²) < 4.78 is 4.56. The predicted octanol–water partition coefficient (Wildman–Crippen LogP) is 2.38. The minimum atomic E-state index is -0.290. The number of thioether (sulfide) groups is 1. The van der Waals surface area contributed by atoms with Crippen LogP contribution in [0.5, 0.6) is 0 Å². The fraction of sp³-hybridized carbons (Fsp3) is 0.333. The third-order valence-corrected chi connectivity index (χ3v) is 3.36. The predicted molar refractivity (Wildman–Crippen MR) is 64.0 cm³/mol. The highest BCUT2D eigenvalue weighted by atomic mass is 32.2. The van der Waals surface area contributed by atoms with Crippen molar-refractivity contribution in [3.63, 3.8) is 0 Å². The van der Waals surface area contributed by atoms with E-state index in [1.807, 2.05) is 26.0 Å². The van der Waals surface area contributed by atoms with Crippen molar-refractivity contribution >= 4 is 24.0 Å². The quantitative estimate of drug-likeness (QED) is 0.459. The lowest BCUT2D eigenvalue weighted by Gasteiger charge is -2.09. The van der Waals surface area contributed by atoms with Gasteiger partial charge in [-0.1, -0.05) is 11.6 Å². The van der Waals surface area contributed by atoms with Gasteiger partial charge in [-0.05, 0) is 25.5 Å². The molecule has 1 rings (SSSR count). The van der Waals surface area contributed by atoms with Crippen LogP contribution in [0, 0.1) is 13.8 Å². The molecule has 0 unspecified atom stereocenters. The Morgan fingerprint density at radius 2 is 2.12 bits per heavy atom. The lowest BCUT2D eigenvalue weighted by molar-refractivity contribution is -0.137. The summed E-state index contributed by atoms with van der Waals surface area (Å²) in [5.74, 6) is -0.0665. The maximum Gasteiger partial charge on any atom is 0.315 e. The molecule has 0 saturated carbocycles. The summed E-state index contributed by atoms with van der Waals surface area (Å²) >= 11 is 1.33. The van der Waals surface area contributed by atoms with Crippen LogP contribution >= 0.6 is 11.8 Å². The molecule has 4 heteroatoms. The van der Waals surface area contributed by atoms with Gasteiger partial charge in [-0.15, -0.1) is 11.8 Å². The lowest BCUT2D eigenvalue weighted by Crippen LogP contribution is -2.04. The van der Waals surface area contributed by atoms with Gasteiger partial charge in [-0.25, -0.2) is 0 Å². The van der Waals surface area contributed by atoms with Crippen LogP contribution < -0.4 is 0 Å². The first kappa shape index (κ1) is 12.8. The van der Waals surface area contributed by atoms with Gasteiger partial charge < -0.3 is 4.74 Å². The maximum atomic E-state index is 11.0. The highest BCUT2D eigenvalue weighted by molar-refractivity contribution is 8.00. The second-order valence-electron chi connectivity index (χ2n) is 3.48. The zero-order valence-electron chi connectivity index (χ0n) is 9.57. The van der Waals surface area contributed by atoms with Crippen molar-refractivity contribution in [2.45, 2.75) is 18.7 Å². The van der Waals surface area contributed by atoms with E-state index in [0.717, 1.165) is 22.3 Å². The second-order valence-corrected chi connectivity index (χ2v) is 4.47. The smallest absolute Gasteiger partial charge is 0.315 e. The molecule has 1 aromatic rings. The van der Waals surface area contributed by atoms with Gasteiger partial charge >= 0.3 is 5.97 Å². The molecule has 1 aromatic carbocycles. The standard InChI is InChI=1S/C12H14O3S/c1-8-4-9(2)12(10(5-8)6-13)16-7-11(14)15-3/h4-6H,7H2,1-3H3. The molecule has 0 aliphatic heterocycles. The van der Waals surface area contributed by atoms with Crippen molar-refractivity contribution < 1.29 is 14.3 Å². The number of carbonyl (C=O) groups excluding carboxylic acids is 2. The monoisotopic (exact) mass is 238 g/mol. The Morgan fingerprint density at radius 1 is 1.44 bits per heavy atom. The van der Waals surface area contributed by atoms with Crippen LogP contribution in [0.2, 0.25) is 0 Å². The molecule has 86 valence electrons. The molecule has 0 aromatic heterocycles. The number of hydrogen-bond donors (Lipinski definition) is 0. The molecule has 0 radical (unpaired) electrons. The van der Waals surface area contributed by atoms with Crippen molar-refractivity contribution in [1.29, 1.82) is 0 Å². The van der Waals surface area contributed by atoms with Gasteiger partial charge in [0.25, 0.3) is 0 Å². The number of ether oxygens (including phenoxy) is 1. The zero-order chi connectivity index (χ0) is 12.1. The Labute approximate surface area is 99.2 Å². The van der Waals surface area contributed by atoms with Crippen LogP contribution in [0.3, 0.4) is 0 Å². The van der Waals surface area contributed by atoms with Gasteiger partial charge in [0.05, 0.1) is 12.9 Å². The number of esters is 1. The third-order valence-electron chi connectivity index (χ3n) is 2.14. The van der Waals surface area contributed by atoms with Crippen LogP contribution in [0.15, 0.2) is 17.0 Å². The molecule has 0 heterocycles. The first-order valence-electron chi connectivity index (χ1n) is 4.84. The normalized spacial score (nSPS) is 9.94. The summed E-state index contributed by atoms with van der Waals surface area (Å²) in [5.41, 5.74) is 2.68. The Bertz CT molecular complexity index is 413. The van der Waals surface area contributed by atoms with Crippen molar-refractivity contribution in [2.24, 2.45) is 0 Å².